The first-order valence-corrected chi connectivity index (χ1v) is 10.3. The van der Waals surface area contributed by atoms with E-state index in [0.29, 0.717) is 13.2 Å². The molecule has 8 nitrogen and oxygen atoms in total. The second-order valence-corrected chi connectivity index (χ2v) is 6.89. The Morgan fingerprint density at radius 1 is 1.17 bits per heavy atom. The Labute approximate surface area is 172 Å². The molecule has 0 unspecified atom stereocenters. The monoisotopic (exact) mass is 400 g/mol. The lowest BCUT2D eigenvalue weighted by atomic mass is 10.2. The molecule has 3 rings (SSSR count). The van der Waals surface area contributed by atoms with E-state index in [1.807, 2.05) is 35.1 Å². The fourth-order valence-electron chi connectivity index (χ4n) is 3.18. The number of hydrogen-bond donors (Lipinski definition) is 2. The molecule has 0 amide bonds. The number of benzene rings is 1. The van der Waals surface area contributed by atoms with Gasteiger partial charge in [0.1, 0.15) is 12.4 Å². The van der Waals surface area contributed by atoms with E-state index < -0.39 is 0 Å². The first-order valence-electron chi connectivity index (χ1n) is 10.3. The van der Waals surface area contributed by atoms with Crippen LogP contribution in [0.5, 0.6) is 5.75 Å². The van der Waals surface area contributed by atoms with Gasteiger partial charge in [-0.1, -0.05) is 18.2 Å². The number of aliphatic imine (C=N–C) groups is 1. The highest BCUT2D eigenvalue weighted by Crippen LogP contribution is 2.17. The minimum absolute atomic E-state index is 0.659. The van der Waals surface area contributed by atoms with Crippen molar-refractivity contribution in [2.45, 2.75) is 19.5 Å². The topological polar surface area (TPSA) is 75.9 Å². The van der Waals surface area contributed by atoms with Crippen molar-refractivity contribution in [3.63, 3.8) is 0 Å². The zero-order chi connectivity index (χ0) is 20.2. The lowest BCUT2D eigenvalue weighted by Gasteiger charge is -2.26. The van der Waals surface area contributed by atoms with Crippen molar-refractivity contribution in [2.24, 2.45) is 4.99 Å². The molecule has 158 valence electrons. The quantitative estimate of drug-likeness (QED) is 0.356. The standard InChI is InChI=1S/C21H32N6O2/c1-22-21(23-8-4-10-27-11-5-9-25-27)24-18-19-6-2-3-7-20(19)29-17-14-26-12-15-28-16-13-26/h2-3,5-7,9,11H,4,8,10,12-18H2,1H3,(H2,22,23,24). The van der Waals surface area contributed by atoms with E-state index in [4.69, 9.17) is 9.47 Å². The molecule has 2 aromatic rings. The van der Waals surface area contributed by atoms with Gasteiger partial charge in [-0.15, -0.1) is 0 Å². The van der Waals surface area contributed by atoms with Gasteiger partial charge < -0.3 is 20.1 Å². The molecular weight excluding hydrogens is 368 g/mol. The number of nitrogens with zero attached hydrogens (tertiary/aromatic N) is 4. The molecule has 0 bridgehead atoms. The van der Waals surface area contributed by atoms with E-state index in [1.54, 1.807) is 13.2 Å². The molecule has 0 spiro atoms. The van der Waals surface area contributed by atoms with Crippen LogP contribution in [0.4, 0.5) is 0 Å². The van der Waals surface area contributed by atoms with Crippen LogP contribution in [-0.4, -0.2) is 73.7 Å². The maximum Gasteiger partial charge on any atom is 0.191 e. The van der Waals surface area contributed by atoms with E-state index in [-0.39, 0.29) is 0 Å². The molecule has 29 heavy (non-hydrogen) atoms. The summed E-state index contributed by atoms with van der Waals surface area (Å²) in [7, 11) is 1.79. The number of para-hydroxylation sites is 1. The second kappa shape index (κ2) is 12.1. The van der Waals surface area contributed by atoms with Gasteiger partial charge in [0.2, 0.25) is 0 Å². The Morgan fingerprint density at radius 3 is 2.83 bits per heavy atom. The van der Waals surface area contributed by atoms with E-state index in [9.17, 15) is 0 Å². The van der Waals surface area contributed by atoms with Gasteiger partial charge in [0.25, 0.3) is 0 Å². The third-order valence-corrected chi connectivity index (χ3v) is 4.83. The number of morpholine rings is 1. The van der Waals surface area contributed by atoms with E-state index >= 15 is 0 Å². The number of nitrogens with one attached hydrogen (secondary N) is 2. The molecule has 1 aromatic carbocycles. The maximum atomic E-state index is 6.05. The van der Waals surface area contributed by atoms with Crippen molar-refractivity contribution in [3.8, 4) is 5.75 Å². The van der Waals surface area contributed by atoms with Crippen LogP contribution in [0.1, 0.15) is 12.0 Å². The van der Waals surface area contributed by atoms with Gasteiger partial charge in [-0.25, -0.2) is 0 Å². The summed E-state index contributed by atoms with van der Waals surface area (Å²) >= 11 is 0. The molecule has 0 radical (unpaired) electrons. The number of ether oxygens (including phenoxy) is 2. The summed E-state index contributed by atoms with van der Waals surface area (Å²) in [5.41, 5.74) is 1.12. The highest BCUT2D eigenvalue weighted by atomic mass is 16.5. The van der Waals surface area contributed by atoms with Gasteiger partial charge in [-0.2, -0.15) is 5.10 Å². The van der Waals surface area contributed by atoms with Crippen molar-refractivity contribution in [1.82, 2.24) is 25.3 Å². The molecule has 1 aliphatic rings. The van der Waals surface area contributed by atoms with Gasteiger partial charge in [0.15, 0.2) is 5.96 Å². The third kappa shape index (κ3) is 7.40. The van der Waals surface area contributed by atoms with Gasteiger partial charge in [-0.05, 0) is 18.6 Å². The van der Waals surface area contributed by atoms with Gasteiger partial charge in [0.05, 0.1) is 13.2 Å². The fourth-order valence-corrected chi connectivity index (χ4v) is 3.18. The highest BCUT2D eigenvalue weighted by molar-refractivity contribution is 5.79. The van der Waals surface area contributed by atoms with E-state index in [0.717, 1.165) is 69.6 Å². The average molecular weight is 401 g/mol. The molecule has 0 atom stereocenters. The smallest absolute Gasteiger partial charge is 0.191 e. The minimum atomic E-state index is 0.659. The molecule has 1 aliphatic heterocycles. The molecular formula is C21H32N6O2. The zero-order valence-electron chi connectivity index (χ0n) is 17.2. The lowest BCUT2D eigenvalue weighted by Crippen LogP contribution is -2.39. The van der Waals surface area contributed by atoms with Crippen molar-refractivity contribution in [1.29, 1.82) is 0 Å². The minimum Gasteiger partial charge on any atom is -0.492 e. The van der Waals surface area contributed by atoms with Crippen molar-refractivity contribution < 1.29 is 9.47 Å². The van der Waals surface area contributed by atoms with E-state index in [1.165, 1.54) is 0 Å². The van der Waals surface area contributed by atoms with Crippen molar-refractivity contribution in [3.05, 3.63) is 48.3 Å². The van der Waals surface area contributed by atoms with Gasteiger partial charge in [0, 0.05) is 64.3 Å². The average Bonchev–Trinajstić information content (AvgIpc) is 3.28. The van der Waals surface area contributed by atoms with Crippen LogP contribution in [0.2, 0.25) is 0 Å². The predicted octanol–water partition coefficient (Wildman–Crippen LogP) is 1.35. The van der Waals surface area contributed by atoms with Gasteiger partial charge in [-0.3, -0.25) is 14.6 Å². The Hall–Kier alpha value is -2.58. The number of guanidine groups is 1. The van der Waals surface area contributed by atoms with Crippen LogP contribution in [0, 0.1) is 0 Å². The van der Waals surface area contributed by atoms with Crippen LogP contribution in [0.15, 0.2) is 47.7 Å². The Morgan fingerprint density at radius 2 is 2.03 bits per heavy atom. The summed E-state index contributed by atoms with van der Waals surface area (Å²) in [6.45, 7) is 7.57. The van der Waals surface area contributed by atoms with Crippen LogP contribution in [0.3, 0.4) is 0 Å². The number of hydrogen-bond acceptors (Lipinski definition) is 5. The summed E-state index contributed by atoms with van der Waals surface area (Å²) in [5, 5.41) is 10.9. The summed E-state index contributed by atoms with van der Waals surface area (Å²) < 4.78 is 13.4. The second-order valence-electron chi connectivity index (χ2n) is 6.89. The van der Waals surface area contributed by atoms with Crippen LogP contribution >= 0.6 is 0 Å². The Bertz CT molecular complexity index is 729. The summed E-state index contributed by atoms with van der Waals surface area (Å²) in [6.07, 6.45) is 4.75. The van der Waals surface area contributed by atoms with E-state index in [2.05, 4.69) is 31.7 Å². The van der Waals surface area contributed by atoms with Crippen molar-refractivity contribution in [2.75, 3.05) is 53.0 Å². The maximum absolute atomic E-state index is 6.05. The number of aromatic nitrogens is 2. The molecule has 2 heterocycles. The zero-order valence-corrected chi connectivity index (χ0v) is 17.2. The Kier molecular flexibility index (Phi) is 8.81. The number of rotatable bonds is 10. The summed E-state index contributed by atoms with van der Waals surface area (Å²) in [5.74, 6) is 1.70. The SMILES string of the molecule is CN=C(NCCCn1cccn1)NCc1ccccc1OCCN1CCOCC1. The first kappa shape index (κ1) is 21.1. The molecule has 8 heteroatoms. The van der Waals surface area contributed by atoms with Crippen LogP contribution < -0.4 is 15.4 Å². The molecule has 1 saturated heterocycles. The Balaban J connectivity index is 1.39. The molecule has 0 aliphatic carbocycles. The lowest BCUT2D eigenvalue weighted by molar-refractivity contribution is 0.0322. The van der Waals surface area contributed by atoms with Gasteiger partial charge >= 0.3 is 0 Å². The highest BCUT2D eigenvalue weighted by Gasteiger charge is 2.10. The van der Waals surface area contributed by atoms with Crippen LogP contribution in [0.25, 0.3) is 0 Å². The normalized spacial score (nSPS) is 15.3. The molecule has 1 aromatic heterocycles. The van der Waals surface area contributed by atoms with Crippen molar-refractivity contribution >= 4 is 5.96 Å². The molecule has 2 N–H and O–H groups in total. The largest absolute Gasteiger partial charge is 0.492 e. The number of aryl methyl sites for hydroxylation is 1. The predicted molar refractivity (Wildman–Crippen MR) is 114 cm³/mol. The summed E-state index contributed by atoms with van der Waals surface area (Å²) in [6, 6.07) is 10.1. The fraction of sp³-hybridized carbons (Fsp3) is 0.524. The summed E-state index contributed by atoms with van der Waals surface area (Å²) in [4.78, 5) is 6.68. The molecule has 1 fully saturated rings. The first-order chi connectivity index (χ1) is 14.3. The molecule has 0 saturated carbocycles. The third-order valence-electron chi connectivity index (χ3n) is 4.83. The van der Waals surface area contributed by atoms with Crippen LogP contribution in [-0.2, 0) is 17.8 Å².